The van der Waals surface area contributed by atoms with Gasteiger partial charge in [-0.3, -0.25) is 9.59 Å². The summed E-state index contributed by atoms with van der Waals surface area (Å²) in [5, 5.41) is 19.2. The lowest BCUT2D eigenvalue weighted by Gasteiger charge is -2.28. The highest BCUT2D eigenvalue weighted by molar-refractivity contribution is 6.05. The number of aliphatic carboxylic acids is 2. The third-order valence-electron chi connectivity index (χ3n) is 4.16. The number of hydrogen-bond donors (Lipinski definition) is 2. The third kappa shape index (κ3) is 2.48. The summed E-state index contributed by atoms with van der Waals surface area (Å²) in [5.41, 5.74) is -0.284. The van der Waals surface area contributed by atoms with Crippen LogP contribution in [0.2, 0.25) is 0 Å². The molecule has 6 heteroatoms. The Morgan fingerprint density at radius 3 is 2.23 bits per heavy atom. The molecule has 0 saturated carbocycles. The molecule has 22 heavy (non-hydrogen) atoms. The Morgan fingerprint density at radius 2 is 1.77 bits per heavy atom. The Balaban J connectivity index is 2.65. The van der Waals surface area contributed by atoms with Crippen LogP contribution in [0.1, 0.15) is 43.2 Å². The second-order valence-electron chi connectivity index (χ2n) is 5.17. The smallest absolute Gasteiger partial charge is 0.325 e. The van der Waals surface area contributed by atoms with E-state index in [1.54, 1.807) is 25.1 Å². The van der Waals surface area contributed by atoms with Crippen LogP contribution in [0.3, 0.4) is 0 Å². The molecule has 0 aromatic heterocycles. The lowest BCUT2D eigenvalue weighted by atomic mass is 9.74. The summed E-state index contributed by atoms with van der Waals surface area (Å²) < 4.78 is 11.0. The highest BCUT2D eigenvalue weighted by Crippen LogP contribution is 2.37. The van der Waals surface area contributed by atoms with E-state index in [-0.39, 0.29) is 6.42 Å². The van der Waals surface area contributed by atoms with Crippen LogP contribution >= 0.6 is 0 Å². The van der Waals surface area contributed by atoms with E-state index >= 15 is 0 Å². The first-order chi connectivity index (χ1) is 10.5. The summed E-state index contributed by atoms with van der Waals surface area (Å²) in [7, 11) is 0. The van der Waals surface area contributed by atoms with E-state index < -0.39 is 23.6 Å². The predicted octanol–water partition coefficient (Wildman–Crippen LogP) is 2.11. The van der Waals surface area contributed by atoms with Crippen molar-refractivity contribution in [2.24, 2.45) is 0 Å². The molecule has 0 radical (unpaired) electrons. The molecule has 0 bridgehead atoms. The summed E-state index contributed by atoms with van der Waals surface area (Å²) in [6.45, 7) is 4.36. The van der Waals surface area contributed by atoms with Crippen molar-refractivity contribution in [1.82, 2.24) is 0 Å². The molecule has 0 atom stereocenters. The lowest BCUT2D eigenvalue weighted by Crippen LogP contribution is -2.44. The zero-order valence-electron chi connectivity index (χ0n) is 12.7. The van der Waals surface area contributed by atoms with Gasteiger partial charge in [-0.1, -0.05) is 32.0 Å². The van der Waals surface area contributed by atoms with E-state index in [1.165, 1.54) is 0 Å². The maximum absolute atomic E-state index is 11.8. The topological polar surface area (TPSA) is 93.1 Å². The van der Waals surface area contributed by atoms with Gasteiger partial charge in [-0.05, 0) is 24.0 Å². The van der Waals surface area contributed by atoms with Gasteiger partial charge in [0.15, 0.2) is 11.7 Å². The first-order valence-corrected chi connectivity index (χ1v) is 7.31. The summed E-state index contributed by atoms with van der Waals surface area (Å²) >= 11 is 0. The van der Waals surface area contributed by atoms with Crippen LogP contribution in [-0.4, -0.2) is 35.4 Å². The molecule has 0 amide bonds. The summed E-state index contributed by atoms with van der Waals surface area (Å²) in [4.78, 5) is 23.5. The molecule has 6 nitrogen and oxygen atoms in total. The summed E-state index contributed by atoms with van der Waals surface area (Å²) in [6, 6.07) is 5.02. The van der Waals surface area contributed by atoms with Gasteiger partial charge in [-0.25, -0.2) is 0 Å². The molecule has 2 N–H and O–H groups in total. The van der Waals surface area contributed by atoms with Gasteiger partial charge in [-0.15, -0.1) is 0 Å². The number of carboxylic acids is 2. The minimum absolute atomic E-state index is 0.0412. The van der Waals surface area contributed by atoms with Gasteiger partial charge in [0, 0.05) is 5.56 Å². The molecular weight excluding hydrogens is 288 g/mol. The molecule has 120 valence electrons. The molecule has 1 heterocycles. The van der Waals surface area contributed by atoms with Gasteiger partial charge >= 0.3 is 11.9 Å². The fourth-order valence-corrected chi connectivity index (χ4v) is 2.97. The monoisotopic (exact) mass is 308 g/mol. The molecule has 0 aliphatic carbocycles. The number of carbonyl (C=O) groups is 2. The quantitative estimate of drug-likeness (QED) is 0.782. The highest BCUT2D eigenvalue weighted by Gasteiger charge is 2.48. The van der Waals surface area contributed by atoms with Crippen molar-refractivity contribution in [2.45, 2.75) is 38.4 Å². The lowest BCUT2D eigenvalue weighted by molar-refractivity contribution is -0.158. The van der Waals surface area contributed by atoms with E-state index in [0.29, 0.717) is 36.3 Å². The predicted molar refractivity (Wildman–Crippen MR) is 77.7 cm³/mol. The SMILES string of the molecule is CCc1c(C2OCCO2)cccc1C(CC)(C(=O)O)C(=O)O. The van der Waals surface area contributed by atoms with E-state index in [2.05, 4.69) is 0 Å². The number of benzene rings is 1. The minimum atomic E-state index is -1.96. The number of rotatable bonds is 6. The van der Waals surface area contributed by atoms with Crippen LogP contribution in [-0.2, 0) is 30.9 Å². The molecule has 0 unspecified atom stereocenters. The van der Waals surface area contributed by atoms with Crippen LogP contribution in [0.15, 0.2) is 18.2 Å². The summed E-state index contributed by atoms with van der Waals surface area (Å²) in [6.07, 6.45) is -0.107. The van der Waals surface area contributed by atoms with Crippen molar-refractivity contribution in [3.63, 3.8) is 0 Å². The third-order valence-corrected chi connectivity index (χ3v) is 4.16. The zero-order chi connectivity index (χ0) is 16.3. The van der Waals surface area contributed by atoms with E-state index in [1.807, 2.05) is 6.92 Å². The first-order valence-electron chi connectivity index (χ1n) is 7.31. The molecule has 1 aromatic rings. The van der Waals surface area contributed by atoms with E-state index in [4.69, 9.17) is 9.47 Å². The van der Waals surface area contributed by atoms with Crippen molar-refractivity contribution >= 4 is 11.9 Å². The second-order valence-corrected chi connectivity index (χ2v) is 5.17. The van der Waals surface area contributed by atoms with Gasteiger partial charge in [0.2, 0.25) is 0 Å². The summed E-state index contributed by atoms with van der Waals surface area (Å²) in [5.74, 6) is -2.72. The Morgan fingerprint density at radius 1 is 1.18 bits per heavy atom. The van der Waals surface area contributed by atoms with Crippen LogP contribution < -0.4 is 0 Å². The molecule has 0 spiro atoms. The van der Waals surface area contributed by atoms with Gasteiger partial charge in [0.05, 0.1) is 13.2 Å². The van der Waals surface area contributed by atoms with Crippen LogP contribution in [0.25, 0.3) is 0 Å². The Labute approximate surface area is 128 Å². The maximum atomic E-state index is 11.8. The average molecular weight is 308 g/mol. The molecule has 1 saturated heterocycles. The molecular formula is C16H20O6. The maximum Gasteiger partial charge on any atom is 0.325 e. The zero-order valence-corrected chi connectivity index (χ0v) is 12.7. The molecule has 1 aliphatic heterocycles. The Bertz CT molecular complexity index is 560. The largest absolute Gasteiger partial charge is 0.480 e. The average Bonchev–Trinajstić information content (AvgIpc) is 3.01. The molecule has 1 aliphatic rings. The van der Waals surface area contributed by atoms with Crippen LogP contribution in [0, 0.1) is 0 Å². The van der Waals surface area contributed by atoms with Gasteiger partial charge < -0.3 is 19.7 Å². The number of ether oxygens (including phenoxy) is 2. The van der Waals surface area contributed by atoms with E-state index in [0.717, 1.165) is 0 Å². The molecule has 1 aromatic carbocycles. The Kier molecular flexibility index (Phi) is 4.83. The fourth-order valence-electron chi connectivity index (χ4n) is 2.97. The highest BCUT2D eigenvalue weighted by atomic mass is 16.7. The van der Waals surface area contributed by atoms with Crippen molar-refractivity contribution in [1.29, 1.82) is 0 Å². The van der Waals surface area contributed by atoms with E-state index in [9.17, 15) is 19.8 Å². The fraction of sp³-hybridized carbons (Fsp3) is 0.500. The van der Waals surface area contributed by atoms with Crippen molar-refractivity contribution in [3.8, 4) is 0 Å². The van der Waals surface area contributed by atoms with Crippen molar-refractivity contribution < 1.29 is 29.3 Å². The second kappa shape index (κ2) is 6.46. The van der Waals surface area contributed by atoms with Gasteiger partial charge in [0.1, 0.15) is 0 Å². The van der Waals surface area contributed by atoms with Crippen LogP contribution in [0.5, 0.6) is 0 Å². The Hall–Kier alpha value is -1.92. The molecule has 1 fully saturated rings. The van der Waals surface area contributed by atoms with Crippen molar-refractivity contribution in [2.75, 3.05) is 13.2 Å². The standard InChI is InChI=1S/C16H20O6/c1-3-10-11(13-21-8-9-22-13)6-5-7-12(10)16(4-2,14(17)18)15(19)20/h5-7,13H,3-4,8-9H2,1-2H3,(H,17,18)(H,19,20). The van der Waals surface area contributed by atoms with Crippen LogP contribution in [0.4, 0.5) is 0 Å². The molecule has 2 rings (SSSR count). The minimum Gasteiger partial charge on any atom is -0.480 e. The first kappa shape index (κ1) is 16.5. The number of carboxylic acid groups (broad SMARTS) is 2. The van der Waals surface area contributed by atoms with Crippen molar-refractivity contribution in [3.05, 3.63) is 34.9 Å². The van der Waals surface area contributed by atoms with Gasteiger partial charge in [-0.2, -0.15) is 0 Å². The normalized spacial score (nSPS) is 15.9. The van der Waals surface area contributed by atoms with Gasteiger partial charge in [0.25, 0.3) is 0 Å². The number of hydrogen-bond acceptors (Lipinski definition) is 4.